The Morgan fingerprint density at radius 2 is 1.73 bits per heavy atom. The zero-order valence-corrected chi connectivity index (χ0v) is 22.1. The number of aromatic hydroxyl groups is 1. The molecule has 9 nitrogen and oxygen atoms in total. The van der Waals surface area contributed by atoms with Crippen LogP contribution in [0.4, 0.5) is 0 Å². The standard InChI is InChI=1S/C21H25N3O6S.C6H6/c1-5-30-21(26)19-17(12-31(27,28)29)24(4)16-9-14(13-7-6-8-22-10-13)20(25)15(18(16)19)11-23(2)3;1-2-4-6-5-3-1/h6-10,25H,5,11-12H2,1-4H3,(H,27,28,29);1-6H. The number of hydrogen-bond donors (Lipinski definition) is 2. The Morgan fingerprint density at radius 1 is 1.11 bits per heavy atom. The normalized spacial score (nSPS) is 11.3. The molecule has 0 saturated heterocycles. The first kappa shape index (κ1) is 27.9. The Balaban J connectivity index is 0.000000555. The summed E-state index contributed by atoms with van der Waals surface area (Å²) in [5, 5.41) is 11.6. The lowest BCUT2D eigenvalue weighted by atomic mass is 9.96. The van der Waals surface area contributed by atoms with E-state index >= 15 is 0 Å². The highest BCUT2D eigenvalue weighted by Crippen LogP contribution is 2.41. The minimum Gasteiger partial charge on any atom is -0.507 e. The molecule has 196 valence electrons. The first-order valence-electron chi connectivity index (χ1n) is 11.6. The monoisotopic (exact) mass is 525 g/mol. The van der Waals surface area contributed by atoms with Crippen molar-refractivity contribution >= 4 is 27.0 Å². The lowest BCUT2D eigenvalue weighted by Crippen LogP contribution is -2.14. The molecular weight excluding hydrogens is 494 g/mol. The van der Waals surface area contributed by atoms with E-state index < -0.39 is 21.8 Å². The van der Waals surface area contributed by atoms with Crippen LogP contribution in [0.3, 0.4) is 0 Å². The lowest BCUT2D eigenvalue weighted by molar-refractivity contribution is 0.0527. The number of nitrogens with zero attached hydrogens (tertiary/aromatic N) is 3. The van der Waals surface area contributed by atoms with E-state index in [1.807, 2.05) is 55.4 Å². The van der Waals surface area contributed by atoms with Crippen molar-refractivity contribution in [3.63, 3.8) is 0 Å². The Bertz CT molecular complexity index is 1440. The van der Waals surface area contributed by atoms with Crippen LogP contribution in [0, 0.1) is 0 Å². The molecule has 2 aromatic carbocycles. The minimum atomic E-state index is -4.44. The Morgan fingerprint density at radius 3 is 2.22 bits per heavy atom. The van der Waals surface area contributed by atoms with Gasteiger partial charge in [0.1, 0.15) is 11.5 Å². The lowest BCUT2D eigenvalue weighted by Gasteiger charge is -2.17. The van der Waals surface area contributed by atoms with Gasteiger partial charge in [0.25, 0.3) is 10.1 Å². The smallest absolute Gasteiger partial charge is 0.340 e. The maximum atomic E-state index is 12.9. The summed E-state index contributed by atoms with van der Waals surface area (Å²) in [6, 6.07) is 17.2. The van der Waals surface area contributed by atoms with E-state index in [1.54, 1.807) is 44.6 Å². The summed E-state index contributed by atoms with van der Waals surface area (Å²) < 4.78 is 39.6. The fraction of sp³-hybridized carbons (Fsp3) is 0.259. The average Bonchev–Trinajstić information content (AvgIpc) is 3.12. The number of pyridine rings is 1. The molecule has 4 aromatic rings. The molecule has 2 heterocycles. The van der Waals surface area contributed by atoms with Crippen molar-refractivity contribution in [2.75, 3.05) is 20.7 Å². The highest BCUT2D eigenvalue weighted by atomic mass is 32.2. The number of hydrogen-bond acceptors (Lipinski definition) is 7. The minimum absolute atomic E-state index is 0.0156. The summed E-state index contributed by atoms with van der Waals surface area (Å²) in [7, 11) is 0.795. The molecule has 0 atom stereocenters. The SMILES string of the molecule is CCOC(=O)c1c(CS(=O)(=O)O)n(C)c2cc(-c3cccnc3)c(O)c(CN(C)C)c12.c1ccccc1. The maximum absolute atomic E-state index is 12.9. The van der Waals surface area contributed by atoms with Gasteiger partial charge in [0.2, 0.25) is 0 Å². The van der Waals surface area contributed by atoms with Gasteiger partial charge in [-0.25, -0.2) is 4.79 Å². The van der Waals surface area contributed by atoms with E-state index in [-0.39, 0.29) is 30.2 Å². The van der Waals surface area contributed by atoms with Crippen LogP contribution in [0.2, 0.25) is 0 Å². The molecule has 0 bridgehead atoms. The van der Waals surface area contributed by atoms with Crippen LogP contribution in [-0.4, -0.2) is 59.2 Å². The van der Waals surface area contributed by atoms with Gasteiger partial charge in [-0.15, -0.1) is 0 Å². The van der Waals surface area contributed by atoms with Crippen LogP contribution < -0.4 is 0 Å². The number of benzene rings is 2. The van der Waals surface area contributed by atoms with Gasteiger partial charge in [-0.05, 0) is 33.2 Å². The maximum Gasteiger partial charge on any atom is 0.340 e. The molecule has 37 heavy (non-hydrogen) atoms. The zero-order chi connectivity index (χ0) is 27.2. The number of rotatable bonds is 7. The molecule has 0 aliphatic rings. The highest BCUT2D eigenvalue weighted by Gasteiger charge is 2.29. The molecular formula is C27H31N3O6S. The Labute approximate surface area is 216 Å². The molecule has 0 fully saturated rings. The summed E-state index contributed by atoms with van der Waals surface area (Å²) >= 11 is 0. The van der Waals surface area contributed by atoms with Crippen molar-refractivity contribution in [3.05, 3.63) is 83.8 Å². The van der Waals surface area contributed by atoms with Gasteiger partial charge in [0.15, 0.2) is 0 Å². The molecule has 2 aromatic heterocycles. The van der Waals surface area contributed by atoms with Gasteiger partial charge in [0, 0.05) is 48.1 Å². The van der Waals surface area contributed by atoms with Crippen molar-refractivity contribution in [1.82, 2.24) is 14.5 Å². The number of fused-ring (bicyclic) bond motifs is 1. The van der Waals surface area contributed by atoms with Crippen molar-refractivity contribution in [1.29, 1.82) is 0 Å². The molecule has 4 rings (SSSR count). The molecule has 0 aliphatic heterocycles. The van der Waals surface area contributed by atoms with Crippen molar-refractivity contribution < 1.29 is 27.6 Å². The second-order valence-corrected chi connectivity index (χ2v) is 10.1. The second-order valence-electron chi connectivity index (χ2n) is 8.61. The predicted molar refractivity (Wildman–Crippen MR) is 143 cm³/mol. The average molecular weight is 526 g/mol. The topological polar surface area (TPSA) is 122 Å². The van der Waals surface area contributed by atoms with Gasteiger partial charge in [-0.2, -0.15) is 8.42 Å². The van der Waals surface area contributed by atoms with Crippen LogP contribution >= 0.6 is 0 Å². The van der Waals surface area contributed by atoms with Gasteiger partial charge >= 0.3 is 5.97 Å². The van der Waals surface area contributed by atoms with Crippen LogP contribution in [0.15, 0.2) is 67.0 Å². The summed E-state index contributed by atoms with van der Waals surface area (Å²) in [4.78, 5) is 18.8. The first-order chi connectivity index (χ1) is 17.5. The fourth-order valence-electron chi connectivity index (χ4n) is 4.08. The van der Waals surface area contributed by atoms with Crippen molar-refractivity contribution in [2.24, 2.45) is 7.05 Å². The third-order valence-electron chi connectivity index (χ3n) is 5.60. The number of aryl methyl sites for hydroxylation is 1. The van der Waals surface area contributed by atoms with Crippen LogP contribution in [0.25, 0.3) is 22.0 Å². The number of aromatic nitrogens is 2. The summed E-state index contributed by atoms with van der Waals surface area (Å²) in [6.45, 7) is 2.01. The molecule has 0 radical (unpaired) electrons. The molecule has 0 amide bonds. The third kappa shape index (κ3) is 6.73. The fourth-order valence-corrected chi connectivity index (χ4v) is 4.76. The first-order valence-corrected chi connectivity index (χ1v) is 13.2. The largest absolute Gasteiger partial charge is 0.507 e. The zero-order valence-electron chi connectivity index (χ0n) is 21.2. The van der Waals surface area contributed by atoms with E-state index in [0.717, 1.165) is 0 Å². The molecule has 2 N–H and O–H groups in total. The highest BCUT2D eigenvalue weighted by molar-refractivity contribution is 7.85. The Hall–Kier alpha value is -3.73. The van der Waals surface area contributed by atoms with Crippen LogP contribution in [0.5, 0.6) is 5.75 Å². The second kappa shape index (κ2) is 12.0. The number of carbonyl (C=O) groups excluding carboxylic acids is 1. The van der Waals surface area contributed by atoms with Crippen molar-refractivity contribution in [2.45, 2.75) is 19.2 Å². The molecule has 0 saturated carbocycles. The van der Waals surface area contributed by atoms with Crippen molar-refractivity contribution in [3.8, 4) is 16.9 Å². The number of ether oxygens (including phenoxy) is 1. The molecule has 0 unspecified atom stereocenters. The number of carbonyl (C=O) groups is 1. The summed E-state index contributed by atoms with van der Waals surface area (Å²) in [5.74, 6) is -1.53. The van der Waals surface area contributed by atoms with E-state index in [4.69, 9.17) is 4.74 Å². The van der Waals surface area contributed by atoms with E-state index in [1.165, 1.54) is 4.57 Å². The summed E-state index contributed by atoms with van der Waals surface area (Å²) in [6.07, 6.45) is 3.22. The number of esters is 1. The van der Waals surface area contributed by atoms with Gasteiger partial charge in [-0.3, -0.25) is 9.54 Å². The quantitative estimate of drug-likeness (QED) is 0.271. The molecule has 0 aliphatic carbocycles. The molecule has 0 spiro atoms. The Kier molecular flexibility index (Phi) is 9.04. The van der Waals surface area contributed by atoms with Crippen LogP contribution in [-0.2, 0) is 34.2 Å². The van der Waals surface area contributed by atoms with E-state index in [2.05, 4.69) is 4.98 Å². The van der Waals surface area contributed by atoms with Gasteiger partial charge in [-0.1, -0.05) is 42.5 Å². The summed E-state index contributed by atoms with van der Waals surface area (Å²) in [5.41, 5.74) is 2.22. The third-order valence-corrected chi connectivity index (χ3v) is 6.24. The van der Waals surface area contributed by atoms with Gasteiger partial charge < -0.3 is 19.3 Å². The number of phenols is 1. The number of phenolic OH excluding ortho intramolecular Hbond substituents is 1. The van der Waals surface area contributed by atoms with E-state index in [0.29, 0.717) is 27.6 Å². The van der Waals surface area contributed by atoms with E-state index in [9.17, 15) is 22.9 Å². The molecule has 10 heteroatoms. The van der Waals surface area contributed by atoms with Gasteiger partial charge in [0.05, 0.1) is 23.4 Å². The predicted octanol–water partition coefficient (Wildman–Crippen LogP) is 4.26. The van der Waals surface area contributed by atoms with Crippen LogP contribution in [0.1, 0.15) is 28.5 Å².